The largest absolute Gasteiger partial charge is 0.497 e. The van der Waals surface area contributed by atoms with E-state index >= 15 is 0 Å². The van der Waals surface area contributed by atoms with E-state index in [0.717, 1.165) is 47.8 Å². The van der Waals surface area contributed by atoms with Crippen molar-refractivity contribution in [2.75, 3.05) is 25.3 Å². The van der Waals surface area contributed by atoms with Crippen LogP contribution in [-0.2, 0) is 12.8 Å². The molecule has 3 N–H and O–H groups in total. The number of aromatic nitrogens is 2. The van der Waals surface area contributed by atoms with Gasteiger partial charge in [0.05, 0.1) is 31.3 Å². The smallest absolute Gasteiger partial charge is 0.318 e. The highest BCUT2D eigenvalue weighted by atomic mass is 16.5. The highest BCUT2D eigenvalue weighted by Crippen LogP contribution is 2.32. The van der Waals surface area contributed by atoms with Crippen LogP contribution in [0.25, 0.3) is 0 Å². The number of ether oxygens (including phenoxy) is 2. The molecule has 0 saturated carbocycles. The molecule has 1 aliphatic carbocycles. The molecule has 0 saturated heterocycles. The lowest BCUT2D eigenvalue weighted by molar-refractivity contribution is 0.379. The van der Waals surface area contributed by atoms with Crippen molar-refractivity contribution in [2.24, 2.45) is 0 Å². The Balaban J connectivity index is 1.96. The molecule has 6 nitrogen and oxygen atoms in total. The fourth-order valence-electron chi connectivity index (χ4n) is 2.51. The van der Waals surface area contributed by atoms with Crippen LogP contribution in [0.2, 0.25) is 0 Å². The number of nitrogens with two attached hydrogens (primary N) is 1. The topological polar surface area (TPSA) is 82.3 Å². The summed E-state index contributed by atoms with van der Waals surface area (Å²) >= 11 is 0. The van der Waals surface area contributed by atoms with Crippen LogP contribution < -0.4 is 20.5 Å². The summed E-state index contributed by atoms with van der Waals surface area (Å²) in [7, 11) is 3.19. The molecule has 21 heavy (non-hydrogen) atoms. The van der Waals surface area contributed by atoms with E-state index in [-0.39, 0.29) is 0 Å². The summed E-state index contributed by atoms with van der Waals surface area (Å²) in [6.45, 7) is 0. The second-order valence-electron chi connectivity index (χ2n) is 4.92. The van der Waals surface area contributed by atoms with Crippen LogP contribution in [0, 0.1) is 0 Å². The highest BCUT2D eigenvalue weighted by Gasteiger charge is 2.20. The van der Waals surface area contributed by atoms with E-state index < -0.39 is 0 Å². The lowest BCUT2D eigenvalue weighted by atomic mass is 10.2. The van der Waals surface area contributed by atoms with Gasteiger partial charge < -0.3 is 20.5 Å². The van der Waals surface area contributed by atoms with Gasteiger partial charge in [0.2, 0.25) is 0 Å². The second-order valence-corrected chi connectivity index (χ2v) is 4.92. The Bertz CT molecular complexity index is 673. The summed E-state index contributed by atoms with van der Waals surface area (Å²) in [5, 5.41) is 3.29. The van der Waals surface area contributed by atoms with Gasteiger partial charge in [-0.3, -0.25) is 0 Å². The van der Waals surface area contributed by atoms with Crippen LogP contribution in [0.1, 0.15) is 17.7 Å². The average molecular weight is 286 g/mol. The predicted molar refractivity (Wildman–Crippen MR) is 81.3 cm³/mol. The summed E-state index contributed by atoms with van der Waals surface area (Å²) in [6.07, 6.45) is 3.02. The minimum atomic E-state index is 0.380. The minimum Gasteiger partial charge on any atom is -0.497 e. The molecule has 0 fully saturated rings. The van der Waals surface area contributed by atoms with Crippen molar-refractivity contribution in [3.8, 4) is 11.8 Å². The van der Waals surface area contributed by atoms with Crippen LogP contribution in [0.5, 0.6) is 11.8 Å². The van der Waals surface area contributed by atoms with Crippen molar-refractivity contribution in [3.63, 3.8) is 0 Å². The molecule has 0 bridgehead atoms. The number of benzene rings is 1. The van der Waals surface area contributed by atoms with E-state index in [1.807, 2.05) is 12.1 Å². The van der Waals surface area contributed by atoms with Crippen LogP contribution in [0.4, 0.5) is 17.2 Å². The maximum atomic E-state index is 6.04. The summed E-state index contributed by atoms with van der Waals surface area (Å²) in [4.78, 5) is 8.81. The molecule has 0 atom stereocenters. The summed E-state index contributed by atoms with van der Waals surface area (Å²) in [6, 6.07) is 5.90. The number of anilines is 3. The molecule has 0 spiro atoms. The number of hydrogen-bond donors (Lipinski definition) is 2. The zero-order valence-corrected chi connectivity index (χ0v) is 12.1. The third kappa shape index (κ3) is 2.56. The molecular weight excluding hydrogens is 268 g/mol. The quantitative estimate of drug-likeness (QED) is 0.839. The molecule has 6 heteroatoms. The molecule has 1 aromatic carbocycles. The van der Waals surface area contributed by atoms with Crippen LogP contribution in [0.3, 0.4) is 0 Å². The first kappa shape index (κ1) is 13.5. The van der Waals surface area contributed by atoms with Gasteiger partial charge in [-0.15, -0.1) is 0 Å². The van der Waals surface area contributed by atoms with Gasteiger partial charge >= 0.3 is 6.01 Å². The molecule has 0 radical (unpaired) electrons. The zero-order valence-electron chi connectivity index (χ0n) is 12.1. The van der Waals surface area contributed by atoms with E-state index in [0.29, 0.717) is 11.7 Å². The first-order valence-corrected chi connectivity index (χ1v) is 6.85. The van der Waals surface area contributed by atoms with Gasteiger partial charge in [-0.2, -0.15) is 9.97 Å². The Morgan fingerprint density at radius 3 is 2.71 bits per heavy atom. The first-order chi connectivity index (χ1) is 10.2. The summed E-state index contributed by atoms with van der Waals surface area (Å²) in [5.74, 6) is 1.50. The van der Waals surface area contributed by atoms with Gasteiger partial charge in [0.1, 0.15) is 11.6 Å². The molecule has 1 aliphatic rings. The first-order valence-electron chi connectivity index (χ1n) is 6.85. The number of nitrogen functional groups attached to an aromatic ring is 1. The lowest BCUT2D eigenvalue weighted by Crippen LogP contribution is -2.05. The van der Waals surface area contributed by atoms with Crippen molar-refractivity contribution in [2.45, 2.75) is 19.3 Å². The number of fused-ring (bicyclic) bond motifs is 1. The van der Waals surface area contributed by atoms with Crippen LogP contribution in [-0.4, -0.2) is 24.2 Å². The second kappa shape index (κ2) is 5.47. The maximum Gasteiger partial charge on any atom is 0.318 e. The number of nitrogens with zero attached hydrogens (tertiary/aromatic N) is 2. The summed E-state index contributed by atoms with van der Waals surface area (Å²) in [5.41, 5.74) is 9.65. The van der Waals surface area contributed by atoms with Crippen LogP contribution in [0.15, 0.2) is 18.2 Å². The molecule has 110 valence electrons. The molecule has 3 rings (SSSR count). The number of rotatable bonds is 4. The number of aryl methyl sites for hydroxylation is 1. The van der Waals surface area contributed by atoms with Crippen LogP contribution >= 0.6 is 0 Å². The van der Waals surface area contributed by atoms with E-state index in [2.05, 4.69) is 15.3 Å². The molecule has 0 amide bonds. The Hall–Kier alpha value is -2.50. The molecule has 1 heterocycles. The zero-order chi connectivity index (χ0) is 14.8. The van der Waals surface area contributed by atoms with E-state index in [1.54, 1.807) is 20.3 Å². The molecule has 1 aromatic heterocycles. The Labute approximate surface area is 123 Å². The third-order valence-electron chi connectivity index (χ3n) is 3.61. The van der Waals surface area contributed by atoms with Crippen molar-refractivity contribution in [1.82, 2.24) is 9.97 Å². The van der Waals surface area contributed by atoms with Gasteiger partial charge in [0.25, 0.3) is 0 Å². The maximum absolute atomic E-state index is 6.04. The number of hydrogen-bond acceptors (Lipinski definition) is 6. The molecule has 0 aliphatic heterocycles. The van der Waals surface area contributed by atoms with Crippen molar-refractivity contribution in [3.05, 3.63) is 29.5 Å². The van der Waals surface area contributed by atoms with E-state index in [1.165, 1.54) is 0 Å². The van der Waals surface area contributed by atoms with Crippen molar-refractivity contribution in [1.29, 1.82) is 0 Å². The van der Waals surface area contributed by atoms with Gasteiger partial charge in [-0.05, 0) is 31.4 Å². The Kier molecular flexibility index (Phi) is 3.51. The number of nitrogens with one attached hydrogen (secondary N) is 1. The van der Waals surface area contributed by atoms with Crippen molar-refractivity contribution >= 4 is 17.2 Å². The normalized spacial score (nSPS) is 12.9. The third-order valence-corrected chi connectivity index (χ3v) is 3.61. The van der Waals surface area contributed by atoms with Gasteiger partial charge in [0.15, 0.2) is 0 Å². The Morgan fingerprint density at radius 1 is 1.14 bits per heavy atom. The van der Waals surface area contributed by atoms with Gasteiger partial charge in [-0.25, -0.2) is 0 Å². The molecular formula is C15H18N4O2. The fourth-order valence-corrected chi connectivity index (χ4v) is 2.51. The van der Waals surface area contributed by atoms with Gasteiger partial charge in [-0.1, -0.05) is 0 Å². The van der Waals surface area contributed by atoms with Crippen molar-refractivity contribution < 1.29 is 9.47 Å². The number of methoxy groups -OCH3 is 2. The average Bonchev–Trinajstić information content (AvgIpc) is 2.97. The predicted octanol–water partition coefficient (Wildman–Crippen LogP) is 2.31. The summed E-state index contributed by atoms with van der Waals surface area (Å²) < 4.78 is 10.3. The minimum absolute atomic E-state index is 0.380. The Morgan fingerprint density at radius 2 is 2.00 bits per heavy atom. The SMILES string of the molecule is COc1ccc(Nc2nc(OC)nc3c2CCC3)c(N)c1. The standard InChI is InChI=1S/C15H18N4O2/c1-20-9-6-7-13(11(16)8-9)17-14-10-4-3-5-12(10)18-15(19-14)21-2/h6-8H,3-5,16H2,1-2H3,(H,17,18,19). The lowest BCUT2D eigenvalue weighted by Gasteiger charge is -2.13. The molecule has 2 aromatic rings. The highest BCUT2D eigenvalue weighted by molar-refractivity contribution is 5.74. The van der Waals surface area contributed by atoms with E-state index in [9.17, 15) is 0 Å². The fraction of sp³-hybridized carbons (Fsp3) is 0.333. The van der Waals surface area contributed by atoms with E-state index in [4.69, 9.17) is 15.2 Å². The van der Waals surface area contributed by atoms with Gasteiger partial charge in [0, 0.05) is 11.6 Å². The monoisotopic (exact) mass is 286 g/mol. The molecule has 0 unspecified atom stereocenters.